The van der Waals surface area contributed by atoms with E-state index >= 15 is 0 Å². The molecule has 10 nitrogen and oxygen atoms in total. The third kappa shape index (κ3) is 4.92. The van der Waals surface area contributed by atoms with Crippen molar-refractivity contribution in [2.24, 2.45) is 0 Å². The van der Waals surface area contributed by atoms with Crippen molar-refractivity contribution in [3.05, 3.63) is 57.6 Å². The second-order valence-corrected chi connectivity index (χ2v) is 5.97. The van der Waals surface area contributed by atoms with Gasteiger partial charge in [-0.2, -0.15) is 0 Å². The molecule has 1 heterocycles. The first-order chi connectivity index (χ1) is 14.0. The average Bonchev–Trinajstić information content (AvgIpc) is 2.75. The topological polar surface area (TPSA) is 126 Å². The number of hydrogen-bond donors (Lipinski definition) is 1. The van der Waals surface area contributed by atoms with Gasteiger partial charge in [-0.3, -0.25) is 14.9 Å². The Labute approximate surface area is 165 Å². The summed E-state index contributed by atoms with van der Waals surface area (Å²) >= 11 is 0. The monoisotopic (exact) mass is 402 g/mol. The summed E-state index contributed by atoms with van der Waals surface area (Å²) in [6.45, 7) is 0.125. The third-order valence-corrected chi connectivity index (χ3v) is 4.04. The fraction of sp³-hybridized carbons (Fsp3) is 0.263. The zero-order chi connectivity index (χ0) is 20.8. The number of fused-ring (bicyclic) bond motifs is 1. The van der Waals surface area contributed by atoms with E-state index in [2.05, 4.69) is 5.32 Å². The van der Waals surface area contributed by atoms with Crippen molar-refractivity contribution in [3.8, 4) is 17.2 Å². The summed E-state index contributed by atoms with van der Waals surface area (Å²) in [7, 11) is 1.54. The van der Waals surface area contributed by atoms with E-state index in [4.69, 9.17) is 18.9 Å². The van der Waals surface area contributed by atoms with Crippen molar-refractivity contribution in [1.29, 1.82) is 0 Å². The Morgan fingerprint density at radius 3 is 2.59 bits per heavy atom. The average molecular weight is 402 g/mol. The van der Waals surface area contributed by atoms with Gasteiger partial charge in [-0.1, -0.05) is 12.1 Å². The van der Waals surface area contributed by atoms with Crippen LogP contribution >= 0.6 is 0 Å². The molecule has 2 aromatic rings. The molecule has 0 saturated carbocycles. The maximum Gasteiger partial charge on any atom is 0.345 e. The number of methoxy groups -OCH3 is 1. The molecule has 0 fully saturated rings. The molecule has 0 unspecified atom stereocenters. The molecule has 0 bridgehead atoms. The number of nitrogens with one attached hydrogen (secondary N) is 1. The molecule has 152 valence electrons. The number of benzene rings is 2. The predicted octanol–water partition coefficient (Wildman–Crippen LogP) is 1.85. The first-order valence-corrected chi connectivity index (χ1v) is 8.62. The summed E-state index contributed by atoms with van der Waals surface area (Å²) in [6.07, 6.45) is 0. The zero-order valence-corrected chi connectivity index (χ0v) is 15.5. The number of carbonyl (C=O) groups is 2. The van der Waals surface area contributed by atoms with Crippen molar-refractivity contribution in [2.75, 3.05) is 26.9 Å². The zero-order valence-electron chi connectivity index (χ0n) is 15.5. The fourth-order valence-electron chi connectivity index (χ4n) is 2.64. The van der Waals surface area contributed by atoms with E-state index in [1.165, 1.54) is 13.2 Å². The maximum absolute atomic E-state index is 12.3. The van der Waals surface area contributed by atoms with Gasteiger partial charge >= 0.3 is 5.97 Å². The Kier molecular flexibility index (Phi) is 6.12. The standard InChI is InChI=1S/C19H18N2O8/c1-26-13-4-2-3-12(7-13)10-20-18(22)11-29-19(23)14-8-16-17(28-6-5-27-16)9-15(14)21(24)25/h2-4,7-9H,5-6,10-11H2,1H3,(H,20,22). The van der Waals surface area contributed by atoms with Gasteiger partial charge in [-0.15, -0.1) is 0 Å². The van der Waals surface area contributed by atoms with Gasteiger partial charge in [0.2, 0.25) is 0 Å². The van der Waals surface area contributed by atoms with Gasteiger partial charge in [0, 0.05) is 12.6 Å². The smallest absolute Gasteiger partial charge is 0.345 e. The van der Waals surface area contributed by atoms with Crippen molar-refractivity contribution < 1.29 is 33.5 Å². The Bertz CT molecular complexity index is 944. The molecular formula is C19H18N2O8. The molecule has 29 heavy (non-hydrogen) atoms. The molecule has 10 heteroatoms. The number of amides is 1. The van der Waals surface area contributed by atoms with Crippen LogP contribution in [0.25, 0.3) is 0 Å². The number of nitrogens with zero attached hydrogens (tertiary/aromatic N) is 1. The van der Waals surface area contributed by atoms with E-state index in [9.17, 15) is 19.7 Å². The van der Waals surface area contributed by atoms with Crippen LogP contribution < -0.4 is 19.5 Å². The Balaban J connectivity index is 1.61. The number of nitro benzene ring substituents is 1. The van der Waals surface area contributed by atoms with Gasteiger partial charge in [0.15, 0.2) is 18.1 Å². The van der Waals surface area contributed by atoms with E-state index < -0.39 is 29.1 Å². The van der Waals surface area contributed by atoms with Crippen molar-refractivity contribution in [2.45, 2.75) is 6.54 Å². The van der Waals surface area contributed by atoms with Crippen LogP contribution in [-0.2, 0) is 16.1 Å². The van der Waals surface area contributed by atoms with Gasteiger partial charge in [0.25, 0.3) is 11.6 Å². The second kappa shape index (κ2) is 8.91. The highest BCUT2D eigenvalue weighted by Gasteiger charge is 2.27. The third-order valence-electron chi connectivity index (χ3n) is 4.04. The lowest BCUT2D eigenvalue weighted by atomic mass is 10.1. The summed E-state index contributed by atoms with van der Waals surface area (Å²) in [5.74, 6) is -0.535. The number of carbonyl (C=O) groups excluding carboxylic acids is 2. The SMILES string of the molecule is COc1cccc(CNC(=O)COC(=O)c2cc3c(cc2[N+](=O)[O-])OCCO3)c1. The van der Waals surface area contributed by atoms with Gasteiger partial charge in [0.1, 0.15) is 24.5 Å². The Morgan fingerprint density at radius 2 is 1.90 bits per heavy atom. The highest BCUT2D eigenvalue weighted by atomic mass is 16.6. The van der Waals surface area contributed by atoms with Crippen LogP contribution in [0, 0.1) is 10.1 Å². The van der Waals surface area contributed by atoms with Crippen LogP contribution in [0.1, 0.15) is 15.9 Å². The first-order valence-electron chi connectivity index (χ1n) is 8.62. The number of hydrogen-bond acceptors (Lipinski definition) is 8. The lowest BCUT2D eigenvalue weighted by Gasteiger charge is -2.18. The highest BCUT2D eigenvalue weighted by Crippen LogP contribution is 2.36. The van der Waals surface area contributed by atoms with E-state index in [1.54, 1.807) is 24.3 Å². The molecule has 1 amide bonds. The van der Waals surface area contributed by atoms with E-state index in [0.29, 0.717) is 5.75 Å². The molecule has 1 aliphatic rings. The van der Waals surface area contributed by atoms with Crippen LogP contribution in [-0.4, -0.2) is 43.7 Å². The van der Waals surface area contributed by atoms with Crippen LogP contribution in [0.5, 0.6) is 17.2 Å². The van der Waals surface area contributed by atoms with E-state index in [-0.39, 0.29) is 36.8 Å². The first kappa shape index (κ1) is 19.9. The van der Waals surface area contributed by atoms with Crippen molar-refractivity contribution >= 4 is 17.6 Å². The van der Waals surface area contributed by atoms with Crippen LogP contribution in [0.15, 0.2) is 36.4 Å². The van der Waals surface area contributed by atoms with Gasteiger partial charge in [0.05, 0.1) is 18.1 Å². The van der Waals surface area contributed by atoms with E-state index in [0.717, 1.165) is 11.6 Å². The minimum Gasteiger partial charge on any atom is -0.497 e. The largest absolute Gasteiger partial charge is 0.497 e. The molecule has 0 radical (unpaired) electrons. The van der Waals surface area contributed by atoms with E-state index in [1.807, 2.05) is 0 Å². The predicted molar refractivity (Wildman–Crippen MR) is 99.2 cm³/mol. The highest BCUT2D eigenvalue weighted by molar-refractivity contribution is 5.96. The molecule has 0 aromatic heterocycles. The summed E-state index contributed by atoms with van der Waals surface area (Å²) in [6, 6.07) is 9.39. The fourth-order valence-corrected chi connectivity index (χ4v) is 2.64. The van der Waals surface area contributed by atoms with Crippen molar-refractivity contribution in [3.63, 3.8) is 0 Å². The summed E-state index contributed by atoms with van der Waals surface area (Å²) in [5.41, 5.74) is -0.0117. The molecule has 0 saturated heterocycles. The Morgan fingerprint density at radius 1 is 1.17 bits per heavy atom. The van der Waals surface area contributed by atoms with Crippen LogP contribution in [0.4, 0.5) is 5.69 Å². The molecule has 2 aromatic carbocycles. The molecule has 3 rings (SSSR count). The number of esters is 1. The minimum atomic E-state index is -1.01. The number of nitro groups is 1. The summed E-state index contributed by atoms with van der Waals surface area (Å²) in [5, 5.41) is 13.9. The molecule has 0 spiro atoms. The lowest BCUT2D eigenvalue weighted by molar-refractivity contribution is -0.385. The van der Waals surface area contributed by atoms with Crippen LogP contribution in [0.3, 0.4) is 0 Å². The molecule has 1 aliphatic heterocycles. The maximum atomic E-state index is 12.3. The normalized spacial score (nSPS) is 12.0. The van der Waals surface area contributed by atoms with Gasteiger partial charge < -0.3 is 24.3 Å². The number of rotatable bonds is 7. The molecule has 0 aliphatic carbocycles. The molecule has 1 N–H and O–H groups in total. The van der Waals surface area contributed by atoms with Crippen molar-refractivity contribution in [1.82, 2.24) is 5.32 Å². The summed E-state index contributed by atoms with van der Waals surface area (Å²) in [4.78, 5) is 34.8. The number of ether oxygens (including phenoxy) is 4. The minimum absolute atomic E-state index is 0.176. The van der Waals surface area contributed by atoms with Gasteiger partial charge in [-0.25, -0.2) is 4.79 Å². The second-order valence-electron chi connectivity index (χ2n) is 5.97. The Hall–Kier alpha value is -3.82. The quantitative estimate of drug-likeness (QED) is 0.422. The summed E-state index contributed by atoms with van der Waals surface area (Å²) < 4.78 is 20.7. The molecule has 0 atom stereocenters. The van der Waals surface area contributed by atoms with Crippen LogP contribution in [0.2, 0.25) is 0 Å². The van der Waals surface area contributed by atoms with Gasteiger partial charge in [-0.05, 0) is 17.7 Å². The lowest BCUT2D eigenvalue weighted by Crippen LogP contribution is -2.28. The molecular weight excluding hydrogens is 384 g/mol.